The molecule has 0 bridgehead atoms. The highest BCUT2D eigenvalue weighted by molar-refractivity contribution is 5.97. The molecule has 0 spiro atoms. The Hall–Kier alpha value is -3.35. The molecule has 0 aliphatic carbocycles. The Morgan fingerprint density at radius 2 is 1.96 bits per heavy atom. The van der Waals surface area contributed by atoms with Crippen molar-refractivity contribution in [3.63, 3.8) is 0 Å². The van der Waals surface area contributed by atoms with Gasteiger partial charge in [0.2, 0.25) is 0 Å². The summed E-state index contributed by atoms with van der Waals surface area (Å²) < 4.78 is 3.73. The van der Waals surface area contributed by atoms with Gasteiger partial charge in [0.05, 0.1) is 48.1 Å². The number of aromatic nitrogens is 6. The van der Waals surface area contributed by atoms with Crippen LogP contribution in [-0.2, 0) is 13.5 Å². The normalized spacial score (nSPS) is 11.4. The molecule has 0 aliphatic rings. The van der Waals surface area contributed by atoms with E-state index in [1.54, 1.807) is 35.8 Å². The van der Waals surface area contributed by atoms with E-state index in [9.17, 15) is 4.79 Å². The van der Waals surface area contributed by atoms with Crippen molar-refractivity contribution in [3.8, 4) is 11.3 Å². The standard InChI is InChI=1S/C20H20N6O/c1-13(2)26-11-16(8-24-26)20(27)6-17-5-14-4-15(7-23-18(14)9-22-17)19-10-21-12-25(19)3/h4-5,7-13H,6H2,1-3H3. The molecule has 0 saturated heterocycles. The molecule has 0 radical (unpaired) electrons. The van der Waals surface area contributed by atoms with Gasteiger partial charge in [-0.3, -0.25) is 19.4 Å². The summed E-state index contributed by atoms with van der Waals surface area (Å²) in [7, 11) is 1.94. The fraction of sp³-hybridized carbons (Fsp3) is 0.250. The van der Waals surface area contributed by atoms with Crippen LogP contribution in [0.15, 0.2) is 49.4 Å². The van der Waals surface area contributed by atoms with Crippen LogP contribution in [0.2, 0.25) is 0 Å². The Balaban J connectivity index is 1.62. The van der Waals surface area contributed by atoms with Gasteiger partial charge in [0.15, 0.2) is 5.78 Å². The van der Waals surface area contributed by atoms with Gasteiger partial charge in [-0.05, 0) is 26.0 Å². The number of carbonyl (C=O) groups excluding carboxylic acids is 1. The molecule has 4 rings (SSSR count). The van der Waals surface area contributed by atoms with E-state index in [-0.39, 0.29) is 18.2 Å². The zero-order valence-corrected chi connectivity index (χ0v) is 15.5. The molecule has 0 fully saturated rings. The number of pyridine rings is 2. The molecule has 4 aromatic heterocycles. The van der Waals surface area contributed by atoms with Crippen LogP contribution in [0.4, 0.5) is 0 Å². The van der Waals surface area contributed by atoms with Gasteiger partial charge < -0.3 is 4.57 Å². The van der Waals surface area contributed by atoms with E-state index in [0.29, 0.717) is 11.3 Å². The SMILES string of the molecule is CC(C)n1cc(C(=O)Cc2cc3cc(-c4cncn4C)cnc3cn2)cn1. The topological polar surface area (TPSA) is 78.5 Å². The van der Waals surface area contributed by atoms with Crippen molar-refractivity contribution in [2.24, 2.45) is 7.05 Å². The highest BCUT2D eigenvalue weighted by atomic mass is 16.1. The van der Waals surface area contributed by atoms with Crippen LogP contribution in [0, 0.1) is 0 Å². The average molecular weight is 360 g/mol. The molecule has 27 heavy (non-hydrogen) atoms. The third kappa shape index (κ3) is 3.36. The summed E-state index contributed by atoms with van der Waals surface area (Å²) in [5.74, 6) is 0.00417. The zero-order chi connectivity index (χ0) is 19.0. The summed E-state index contributed by atoms with van der Waals surface area (Å²) in [6, 6.07) is 4.19. The molecule has 136 valence electrons. The molecule has 4 aromatic rings. The van der Waals surface area contributed by atoms with Gasteiger partial charge in [-0.2, -0.15) is 5.10 Å². The second kappa shape index (κ2) is 6.75. The monoisotopic (exact) mass is 360 g/mol. The second-order valence-corrected chi connectivity index (χ2v) is 6.88. The lowest BCUT2D eigenvalue weighted by Gasteiger charge is -2.06. The maximum absolute atomic E-state index is 12.6. The lowest BCUT2D eigenvalue weighted by molar-refractivity contribution is 0.0992. The largest absolute Gasteiger partial charge is 0.334 e. The van der Waals surface area contributed by atoms with Gasteiger partial charge in [-0.1, -0.05) is 0 Å². The van der Waals surface area contributed by atoms with E-state index in [1.165, 1.54) is 0 Å². The summed E-state index contributed by atoms with van der Waals surface area (Å²) in [5.41, 5.74) is 4.08. The number of aryl methyl sites for hydroxylation is 1. The van der Waals surface area contributed by atoms with Gasteiger partial charge in [0, 0.05) is 42.1 Å². The Kier molecular flexibility index (Phi) is 4.27. The van der Waals surface area contributed by atoms with Crippen molar-refractivity contribution in [1.29, 1.82) is 0 Å². The average Bonchev–Trinajstić information content (AvgIpc) is 3.30. The summed E-state index contributed by atoms with van der Waals surface area (Å²) in [4.78, 5) is 25.6. The quantitative estimate of drug-likeness (QED) is 0.511. The van der Waals surface area contributed by atoms with Gasteiger partial charge in [0.1, 0.15) is 0 Å². The molecular formula is C20H20N6O. The molecule has 0 amide bonds. The first-order valence-electron chi connectivity index (χ1n) is 8.80. The van der Waals surface area contributed by atoms with Crippen LogP contribution in [0.1, 0.15) is 35.9 Å². The Bertz CT molecular complexity index is 1120. The van der Waals surface area contributed by atoms with E-state index < -0.39 is 0 Å². The van der Waals surface area contributed by atoms with Crippen LogP contribution < -0.4 is 0 Å². The van der Waals surface area contributed by atoms with Crippen molar-refractivity contribution in [2.75, 3.05) is 0 Å². The molecule has 4 heterocycles. The third-order valence-electron chi connectivity index (χ3n) is 4.53. The van der Waals surface area contributed by atoms with E-state index >= 15 is 0 Å². The van der Waals surface area contributed by atoms with Crippen LogP contribution in [0.3, 0.4) is 0 Å². The van der Waals surface area contributed by atoms with Gasteiger partial charge >= 0.3 is 0 Å². The number of nitrogens with zero attached hydrogens (tertiary/aromatic N) is 6. The minimum Gasteiger partial charge on any atom is -0.334 e. The molecule has 0 atom stereocenters. The van der Waals surface area contributed by atoms with Crippen molar-refractivity contribution >= 4 is 16.7 Å². The minimum absolute atomic E-state index is 0.00417. The Labute approximate surface area is 156 Å². The number of ketones is 1. The van der Waals surface area contributed by atoms with E-state index in [0.717, 1.165) is 22.2 Å². The van der Waals surface area contributed by atoms with Crippen LogP contribution in [0.25, 0.3) is 22.2 Å². The molecular weight excluding hydrogens is 340 g/mol. The highest BCUT2D eigenvalue weighted by Gasteiger charge is 2.13. The molecule has 0 aromatic carbocycles. The number of rotatable bonds is 5. The second-order valence-electron chi connectivity index (χ2n) is 6.88. The van der Waals surface area contributed by atoms with Crippen molar-refractivity contribution in [1.82, 2.24) is 29.3 Å². The molecule has 7 nitrogen and oxygen atoms in total. The molecule has 0 aliphatic heterocycles. The van der Waals surface area contributed by atoms with Crippen LogP contribution in [0.5, 0.6) is 0 Å². The Morgan fingerprint density at radius 1 is 1.11 bits per heavy atom. The lowest BCUT2D eigenvalue weighted by Crippen LogP contribution is -2.05. The fourth-order valence-electron chi connectivity index (χ4n) is 2.98. The molecule has 0 N–H and O–H groups in total. The van der Waals surface area contributed by atoms with Gasteiger partial charge in [-0.25, -0.2) is 4.98 Å². The van der Waals surface area contributed by atoms with Crippen LogP contribution >= 0.6 is 0 Å². The van der Waals surface area contributed by atoms with E-state index in [1.807, 2.05) is 43.8 Å². The first kappa shape index (κ1) is 17.1. The number of hydrogen-bond donors (Lipinski definition) is 0. The highest BCUT2D eigenvalue weighted by Crippen LogP contribution is 2.22. The summed E-state index contributed by atoms with van der Waals surface area (Å²) in [6.45, 7) is 4.05. The predicted octanol–water partition coefficient (Wildman–Crippen LogP) is 3.23. The minimum atomic E-state index is 0.00417. The number of fused-ring (bicyclic) bond motifs is 1. The molecule has 0 unspecified atom stereocenters. The van der Waals surface area contributed by atoms with Gasteiger partial charge in [-0.15, -0.1) is 0 Å². The van der Waals surface area contributed by atoms with E-state index in [2.05, 4.69) is 20.1 Å². The van der Waals surface area contributed by atoms with Crippen molar-refractivity contribution in [3.05, 3.63) is 60.7 Å². The fourth-order valence-corrected chi connectivity index (χ4v) is 2.98. The summed E-state index contributed by atoms with van der Waals surface area (Å²) in [6.07, 6.45) is 10.7. The summed E-state index contributed by atoms with van der Waals surface area (Å²) >= 11 is 0. The number of hydrogen-bond acceptors (Lipinski definition) is 5. The number of carbonyl (C=O) groups is 1. The third-order valence-corrected chi connectivity index (χ3v) is 4.53. The predicted molar refractivity (Wildman–Crippen MR) is 102 cm³/mol. The molecule has 0 saturated carbocycles. The first-order valence-corrected chi connectivity index (χ1v) is 8.80. The number of Topliss-reactive ketones (excluding diaryl/α,β-unsaturated/α-hetero) is 1. The lowest BCUT2D eigenvalue weighted by atomic mass is 10.1. The maximum Gasteiger partial charge on any atom is 0.171 e. The van der Waals surface area contributed by atoms with Crippen molar-refractivity contribution in [2.45, 2.75) is 26.3 Å². The van der Waals surface area contributed by atoms with Gasteiger partial charge in [0.25, 0.3) is 0 Å². The number of imidazole rings is 1. The first-order chi connectivity index (χ1) is 13.0. The Morgan fingerprint density at radius 3 is 2.67 bits per heavy atom. The molecule has 7 heteroatoms. The van der Waals surface area contributed by atoms with Crippen molar-refractivity contribution < 1.29 is 4.79 Å². The van der Waals surface area contributed by atoms with E-state index in [4.69, 9.17) is 0 Å². The smallest absolute Gasteiger partial charge is 0.171 e. The maximum atomic E-state index is 12.6. The zero-order valence-electron chi connectivity index (χ0n) is 15.5. The van der Waals surface area contributed by atoms with Crippen LogP contribution in [-0.4, -0.2) is 35.1 Å². The summed E-state index contributed by atoms with van der Waals surface area (Å²) in [5, 5.41) is 5.18.